The van der Waals surface area contributed by atoms with Crippen LogP contribution in [-0.4, -0.2) is 16.0 Å². The summed E-state index contributed by atoms with van der Waals surface area (Å²) < 4.78 is 4.68. The lowest BCUT2D eigenvalue weighted by atomic mass is 10.4. The first kappa shape index (κ1) is 8.43. The molecular formula is C9H7N3O2. The van der Waals surface area contributed by atoms with Gasteiger partial charge in [-0.25, -0.2) is 4.98 Å². The molecule has 1 N–H and O–H groups in total. The molecule has 5 nitrogen and oxygen atoms in total. The fourth-order valence-corrected chi connectivity index (χ4v) is 0.948. The second-order valence-electron chi connectivity index (χ2n) is 2.55. The molecule has 0 aliphatic heterocycles. The van der Waals surface area contributed by atoms with Crippen molar-refractivity contribution in [1.29, 1.82) is 0 Å². The quantitative estimate of drug-likeness (QED) is 0.773. The zero-order chi connectivity index (χ0) is 9.80. The lowest BCUT2D eigenvalue weighted by molar-refractivity contribution is 0.0987. The normalized spacial score (nSPS) is 9.71. The molecule has 2 heterocycles. The molecule has 14 heavy (non-hydrogen) atoms. The van der Waals surface area contributed by atoms with Crippen LogP contribution in [0.15, 0.2) is 41.2 Å². The Morgan fingerprint density at radius 3 is 2.86 bits per heavy atom. The standard InChI is InChI=1S/C9H7N3O2/c13-9(7-4-6-11-14-7)12-8-3-1-2-5-10-8/h1-6H,(H,10,12,13). The number of hydrogen-bond acceptors (Lipinski definition) is 4. The third kappa shape index (κ3) is 1.77. The van der Waals surface area contributed by atoms with Crippen molar-refractivity contribution in [3.05, 3.63) is 42.4 Å². The van der Waals surface area contributed by atoms with Crippen molar-refractivity contribution < 1.29 is 9.32 Å². The number of hydrogen-bond donors (Lipinski definition) is 1. The summed E-state index contributed by atoms with van der Waals surface area (Å²) in [4.78, 5) is 15.3. The van der Waals surface area contributed by atoms with E-state index >= 15 is 0 Å². The maximum Gasteiger partial charge on any atom is 0.295 e. The van der Waals surface area contributed by atoms with E-state index in [1.54, 1.807) is 24.4 Å². The van der Waals surface area contributed by atoms with Gasteiger partial charge in [0.05, 0.1) is 6.20 Å². The van der Waals surface area contributed by atoms with E-state index in [2.05, 4.69) is 20.0 Å². The smallest absolute Gasteiger partial charge is 0.295 e. The highest BCUT2D eigenvalue weighted by molar-refractivity contribution is 6.01. The molecule has 0 bridgehead atoms. The Labute approximate surface area is 79.7 Å². The summed E-state index contributed by atoms with van der Waals surface area (Å²) in [5.74, 6) is 0.283. The molecule has 2 aromatic heterocycles. The molecule has 70 valence electrons. The van der Waals surface area contributed by atoms with Gasteiger partial charge in [0.2, 0.25) is 5.76 Å². The van der Waals surface area contributed by atoms with Gasteiger partial charge in [0, 0.05) is 12.3 Å². The minimum Gasteiger partial charge on any atom is -0.351 e. The Morgan fingerprint density at radius 2 is 2.21 bits per heavy atom. The summed E-state index contributed by atoms with van der Waals surface area (Å²) in [6.45, 7) is 0. The van der Waals surface area contributed by atoms with Crippen LogP contribution in [0.25, 0.3) is 0 Å². The molecule has 0 aromatic carbocycles. The van der Waals surface area contributed by atoms with Crippen molar-refractivity contribution in [1.82, 2.24) is 10.1 Å². The number of carbonyl (C=O) groups excluding carboxylic acids is 1. The van der Waals surface area contributed by atoms with E-state index in [1.807, 2.05) is 0 Å². The van der Waals surface area contributed by atoms with Gasteiger partial charge < -0.3 is 9.84 Å². The first-order valence-corrected chi connectivity index (χ1v) is 3.99. The van der Waals surface area contributed by atoms with Crippen LogP contribution in [0.1, 0.15) is 10.6 Å². The molecular weight excluding hydrogens is 182 g/mol. The topological polar surface area (TPSA) is 68.0 Å². The number of nitrogens with zero attached hydrogens (tertiary/aromatic N) is 2. The summed E-state index contributed by atoms with van der Waals surface area (Å²) >= 11 is 0. The predicted molar refractivity (Wildman–Crippen MR) is 48.7 cm³/mol. The first-order valence-electron chi connectivity index (χ1n) is 3.99. The molecule has 0 saturated heterocycles. The summed E-state index contributed by atoms with van der Waals surface area (Å²) in [5.41, 5.74) is 0. The van der Waals surface area contributed by atoms with Crippen LogP contribution in [0.2, 0.25) is 0 Å². The molecule has 2 rings (SSSR count). The minimum atomic E-state index is -0.360. The average molecular weight is 189 g/mol. The van der Waals surface area contributed by atoms with Gasteiger partial charge in [-0.15, -0.1) is 0 Å². The maximum atomic E-state index is 11.4. The van der Waals surface area contributed by atoms with Crippen molar-refractivity contribution in [3.8, 4) is 0 Å². The lowest BCUT2D eigenvalue weighted by Crippen LogP contribution is -2.11. The molecule has 0 atom stereocenters. The second kappa shape index (κ2) is 3.69. The van der Waals surface area contributed by atoms with E-state index in [0.29, 0.717) is 5.82 Å². The van der Waals surface area contributed by atoms with Gasteiger partial charge in [0.1, 0.15) is 5.82 Å². The van der Waals surface area contributed by atoms with Gasteiger partial charge in [-0.2, -0.15) is 0 Å². The number of aromatic nitrogens is 2. The Morgan fingerprint density at radius 1 is 1.29 bits per heavy atom. The molecule has 0 fully saturated rings. The van der Waals surface area contributed by atoms with E-state index in [4.69, 9.17) is 0 Å². The van der Waals surface area contributed by atoms with E-state index in [9.17, 15) is 4.79 Å². The van der Waals surface area contributed by atoms with Crippen molar-refractivity contribution in [2.75, 3.05) is 5.32 Å². The first-order chi connectivity index (χ1) is 6.86. The second-order valence-corrected chi connectivity index (χ2v) is 2.55. The largest absolute Gasteiger partial charge is 0.351 e. The molecule has 1 amide bonds. The summed E-state index contributed by atoms with van der Waals surface area (Å²) in [5, 5.41) is 5.99. The maximum absolute atomic E-state index is 11.4. The number of pyridine rings is 1. The van der Waals surface area contributed by atoms with Crippen LogP contribution in [-0.2, 0) is 0 Å². The van der Waals surface area contributed by atoms with Crippen LogP contribution in [0.4, 0.5) is 5.82 Å². The Kier molecular flexibility index (Phi) is 2.22. The van der Waals surface area contributed by atoms with Gasteiger partial charge >= 0.3 is 0 Å². The number of amides is 1. The van der Waals surface area contributed by atoms with Gasteiger partial charge in [0.25, 0.3) is 5.91 Å². The molecule has 0 aliphatic rings. The Bertz CT molecular complexity index is 411. The number of rotatable bonds is 2. The van der Waals surface area contributed by atoms with Crippen LogP contribution in [0.3, 0.4) is 0 Å². The summed E-state index contributed by atoms with van der Waals surface area (Å²) in [6, 6.07) is 6.72. The van der Waals surface area contributed by atoms with Crippen molar-refractivity contribution in [3.63, 3.8) is 0 Å². The third-order valence-electron chi connectivity index (χ3n) is 1.57. The monoisotopic (exact) mass is 189 g/mol. The summed E-state index contributed by atoms with van der Waals surface area (Å²) in [7, 11) is 0. The Balaban J connectivity index is 2.10. The zero-order valence-corrected chi connectivity index (χ0v) is 7.18. The van der Waals surface area contributed by atoms with Gasteiger partial charge in [-0.05, 0) is 12.1 Å². The fraction of sp³-hybridized carbons (Fsp3) is 0. The van der Waals surface area contributed by atoms with E-state index < -0.39 is 0 Å². The van der Waals surface area contributed by atoms with Crippen LogP contribution < -0.4 is 5.32 Å². The van der Waals surface area contributed by atoms with Crippen LogP contribution in [0.5, 0.6) is 0 Å². The zero-order valence-electron chi connectivity index (χ0n) is 7.18. The molecule has 0 spiro atoms. The molecule has 0 saturated carbocycles. The van der Waals surface area contributed by atoms with Gasteiger partial charge in [-0.1, -0.05) is 11.2 Å². The highest BCUT2D eigenvalue weighted by Crippen LogP contribution is 2.04. The molecule has 5 heteroatoms. The van der Waals surface area contributed by atoms with Crippen LogP contribution >= 0.6 is 0 Å². The molecule has 2 aromatic rings. The summed E-state index contributed by atoms with van der Waals surface area (Å²) in [6.07, 6.45) is 3.00. The fourth-order valence-electron chi connectivity index (χ4n) is 0.948. The lowest BCUT2D eigenvalue weighted by Gasteiger charge is -1.99. The highest BCUT2D eigenvalue weighted by Gasteiger charge is 2.09. The SMILES string of the molecule is O=C(Nc1ccccn1)c1ccno1. The van der Waals surface area contributed by atoms with Crippen LogP contribution in [0, 0.1) is 0 Å². The molecule has 0 aliphatic carbocycles. The number of nitrogens with one attached hydrogen (secondary N) is 1. The predicted octanol–water partition coefficient (Wildman–Crippen LogP) is 1.32. The average Bonchev–Trinajstić information content (AvgIpc) is 2.72. The van der Waals surface area contributed by atoms with E-state index in [1.165, 1.54) is 12.3 Å². The number of carbonyl (C=O) groups is 1. The van der Waals surface area contributed by atoms with Gasteiger partial charge in [0.15, 0.2) is 0 Å². The minimum absolute atomic E-state index is 0.163. The number of anilines is 1. The van der Waals surface area contributed by atoms with E-state index in [0.717, 1.165) is 0 Å². The van der Waals surface area contributed by atoms with E-state index in [-0.39, 0.29) is 11.7 Å². The van der Waals surface area contributed by atoms with Crippen molar-refractivity contribution in [2.45, 2.75) is 0 Å². The van der Waals surface area contributed by atoms with Gasteiger partial charge in [-0.3, -0.25) is 4.79 Å². The molecule has 0 unspecified atom stereocenters. The molecule has 0 radical (unpaired) electrons. The van der Waals surface area contributed by atoms with Crippen molar-refractivity contribution in [2.24, 2.45) is 0 Å². The highest BCUT2D eigenvalue weighted by atomic mass is 16.5. The third-order valence-corrected chi connectivity index (χ3v) is 1.57. The Hall–Kier alpha value is -2.17. The van der Waals surface area contributed by atoms with Crippen molar-refractivity contribution >= 4 is 11.7 Å².